The number of hydrogen-bond donors (Lipinski definition) is 0. The van der Waals surface area contributed by atoms with Crippen LogP contribution in [0.3, 0.4) is 0 Å². The van der Waals surface area contributed by atoms with Gasteiger partial charge in [-0.1, -0.05) is 18.2 Å². The first kappa shape index (κ1) is 19.1. The van der Waals surface area contributed by atoms with Crippen LogP contribution in [0.25, 0.3) is 0 Å². The Bertz CT molecular complexity index is 861. The van der Waals surface area contributed by atoms with E-state index in [0.717, 1.165) is 23.6 Å². The summed E-state index contributed by atoms with van der Waals surface area (Å²) in [6.45, 7) is 2.47. The number of benzene rings is 1. The number of sulfonamides is 1. The molecule has 0 unspecified atom stereocenters. The molecule has 0 atom stereocenters. The molecule has 1 saturated heterocycles. The van der Waals surface area contributed by atoms with Crippen molar-refractivity contribution >= 4 is 27.6 Å². The van der Waals surface area contributed by atoms with Gasteiger partial charge in [-0.3, -0.25) is 4.79 Å². The van der Waals surface area contributed by atoms with Crippen LogP contribution in [0.5, 0.6) is 0 Å². The van der Waals surface area contributed by atoms with Gasteiger partial charge in [0, 0.05) is 30.6 Å². The Kier molecular flexibility index (Phi) is 6.11. The van der Waals surface area contributed by atoms with Crippen LogP contribution in [0, 0.1) is 5.92 Å². The Morgan fingerprint density at radius 3 is 2.62 bits per heavy atom. The molecule has 26 heavy (non-hydrogen) atoms. The lowest BCUT2D eigenvalue weighted by atomic mass is 10.0. The number of piperidine rings is 1. The fraction of sp³-hybridized carbons (Fsp3) is 0.368. The molecule has 2 heterocycles. The fourth-order valence-electron chi connectivity index (χ4n) is 2.98. The van der Waals surface area contributed by atoms with Gasteiger partial charge in [0.25, 0.3) is 0 Å². The molecule has 0 saturated carbocycles. The minimum absolute atomic E-state index is 0.132. The number of nitrogens with zero attached hydrogens (tertiary/aromatic N) is 2. The highest BCUT2D eigenvalue weighted by Crippen LogP contribution is 2.28. The van der Waals surface area contributed by atoms with E-state index in [9.17, 15) is 13.2 Å². The summed E-state index contributed by atoms with van der Waals surface area (Å²) < 4.78 is 27.2. The molecule has 0 radical (unpaired) electrons. The summed E-state index contributed by atoms with van der Waals surface area (Å²) in [4.78, 5) is 16.0. The van der Waals surface area contributed by atoms with Crippen LogP contribution in [0.15, 0.2) is 58.6 Å². The van der Waals surface area contributed by atoms with Gasteiger partial charge in [-0.2, -0.15) is 4.31 Å². The second-order valence-electron chi connectivity index (χ2n) is 6.41. The van der Waals surface area contributed by atoms with Crippen LogP contribution < -0.4 is 0 Å². The molecule has 0 amide bonds. The van der Waals surface area contributed by atoms with Gasteiger partial charge in [-0.15, -0.1) is 11.8 Å². The van der Waals surface area contributed by atoms with E-state index in [1.54, 1.807) is 36.2 Å². The van der Waals surface area contributed by atoms with Crippen LogP contribution in [-0.2, 0) is 10.0 Å². The number of carbonyl (C=O) groups excluding carboxylic acids is 1. The quantitative estimate of drug-likeness (QED) is 0.558. The number of pyridine rings is 1. The first-order valence-corrected chi connectivity index (χ1v) is 11.0. The number of ketones is 1. The van der Waals surface area contributed by atoms with Gasteiger partial charge in [0.05, 0.1) is 9.92 Å². The fourth-order valence-corrected chi connectivity index (χ4v) is 5.54. The molecule has 3 rings (SSSR count). The lowest BCUT2D eigenvalue weighted by molar-refractivity contribution is 0.101. The van der Waals surface area contributed by atoms with Crippen LogP contribution in [0.4, 0.5) is 0 Å². The Balaban J connectivity index is 1.60. The molecule has 0 spiro atoms. The van der Waals surface area contributed by atoms with Crippen LogP contribution in [0.1, 0.15) is 30.1 Å². The summed E-state index contributed by atoms with van der Waals surface area (Å²) in [5, 5.41) is 1.00. The number of rotatable bonds is 6. The largest absolute Gasteiger partial charge is 0.295 e. The molecule has 138 valence electrons. The third-order valence-electron chi connectivity index (χ3n) is 4.56. The lowest BCUT2D eigenvalue weighted by Gasteiger charge is -2.31. The summed E-state index contributed by atoms with van der Waals surface area (Å²) in [6, 6.07) is 12.2. The van der Waals surface area contributed by atoms with Crippen molar-refractivity contribution in [2.75, 3.05) is 18.8 Å². The van der Waals surface area contributed by atoms with Gasteiger partial charge in [-0.05, 0) is 49.9 Å². The molecule has 1 aromatic heterocycles. The summed E-state index contributed by atoms with van der Waals surface area (Å²) >= 11 is 1.72. The van der Waals surface area contributed by atoms with Gasteiger partial charge in [-0.25, -0.2) is 13.4 Å². The zero-order valence-corrected chi connectivity index (χ0v) is 16.3. The maximum absolute atomic E-state index is 12.8. The molecule has 1 fully saturated rings. The van der Waals surface area contributed by atoms with E-state index >= 15 is 0 Å². The number of carbonyl (C=O) groups is 1. The molecule has 0 N–H and O–H groups in total. The predicted molar refractivity (Wildman–Crippen MR) is 103 cm³/mol. The van der Waals surface area contributed by atoms with Crippen molar-refractivity contribution in [3.05, 3.63) is 54.2 Å². The average molecular weight is 391 g/mol. The monoisotopic (exact) mass is 390 g/mol. The molecule has 2 aromatic rings. The Morgan fingerprint density at radius 1 is 1.19 bits per heavy atom. The highest BCUT2D eigenvalue weighted by molar-refractivity contribution is 7.99. The molecule has 1 aromatic carbocycles. The van der Waals surface area contributed by atoms with Gasteiger partial charge in [0.2, 0.25) is 10.0 Å². The zero-order valence-electron chi connectivity index (χ0n) is 14.7. The van der Waals surface area contributed by atoms with Gasteiger partial charge in [0.1, 0.15) is 0 Å². The van der Waals surface area contributed by atoms with Crippen molar-refractivity contribution < 1.29 is 13.2 Å². The van der Waals surface area contributed by atoms with Gasteiger partial charge in [0.15, 0.2) is 5.78 Å². The van der Waals surface area contributed by atoms with Gasteiger partial charge >= 0.3 is 0 Å². The maximum atomic E-state index is 12.8. The third-order valence-corrected chi connectivity index (χ3v) is 7.63. The van der Waals surface area contributed by atoms with Crippen molar-refractivity contribution in [1.82, 2.24) is 9.29 Å². The Morgan fingerprint density at radius 2 is 1.96 bits per heavy atom. The van der Waals surface area contributed by atoms with Crippen molar-refractivity contribution in [3.8, 4) is 0 Å². The first-order chi connectivity index (χ1) is 12.5. The highest BCUT2D eigenvalue weighted by Gasteiger charge is 2.29. The van der Waals surface area contributed by atoms with Gasteiger partial charge < -0.3 is 0 Å². The van der Waals surface area contributed by atoms with Crippen molar-refractivity contribution in [3.63, 3.8) is 0 Å². The summed E-state index contributed by atoms with van der Waals surface area (Å²) in [5.41, 5.74) is 0.424. The number of hydrogen-bond acceptors (Lipinski definition) is 5. The van der Waals surface area contributed by atoms with Crippen molar-refractivity contribution in [2.24, 2.45) is 5.92 Å². The Labute approximate surface area is 158 Å². The van der Waals surface area contributed by atoms with E-state index in [-0.39, 0.29) is 10.7 Å². The zero-order chi connectivity index (χ0) is 18.6. The average Bonchev–Trinajstić information content (AvgIpc) is 2.67. The molecule has 1 aliphatic heterocycles. The third kappa shape index (κ3) is 4.52. The minimum Gasteiger partial charge on any atom is -0.295 e. The predicted octanol–water partition coefficient (Wildman–Crippen LogP) is 3.48. The minimum atomic E-state index is -3.55. The standard InChI is InChI=1S/C19H22N2O3S2/c1-15(22)17-5-4-6-18(13-17)26(23,24)21-11-8-16(9-12-21)14-25-19-7-2-3-10-20-19/h2-7,10,13,16H,8-9,11-12,14H2,1H3. The molecule has 0 aliphatic carbocycles. The maximum Gasteiger partial charge on any atom is 0.243 e. The second-order valence-corrected chi connectivity index (χ2v) is 9.39. The van der Waals surface area contributed by atoms with Crippen LogP contribution >= 0.6 is 11.8 Å². The van der Waals surface area contributed by atoms with Crippen LogP contribution in [0.2, 0.25) is 0 Å². The molecular formula is C19H22N2O3S2. The first-order valence-electron chi connectivity index (χ1n) is 8.62. The Hall–Kier alpha value is -1.70. The summed E-state index contributed by atoms with van der Waals surface area (Å²) in [5.74, 6) is 1.30. The topological polar surface area (TPSA) is 67.3 Å². The second kappa shape index (κ2) is 8.33. The number of aromatic nitrogens is 1. The highest BCUT2D eigenvalue weighted by atomic mass is 32.2. The number of thioether (sulfide) groups is 1. The van der Waals surface area contributed by atoms with E-state index in [4.69, 9.17) is 0 Å². The van der Waals surface area contributed by atoms with E-state index < -0.39 is 10.0 Å². The van der Waals surface area contributed by atoms with Crippen molar-refractivity contribution in [1.29, 1.82) is 0 Å². The molecule has 5 nitrogen and oxygen atoms in total. The molecule has 0 bridgehead atoms. The van der Waals surface area contributed by atoms with Crippen LogP contribution in [-0.4, -0.2) is 42.3 Å². The normalized spacial score (nSPS) is 16.5. The number of Topliss-reactive ketones (excluding diaryl/α,β-unsaturated/α-hetero) is 1. The van der Waals surface area contributed by atoms with E-state index in [1.807, 2.05) is 18.2 Å². The van der Waals surface area contributed by atoms with E-state index in [1.165, 1.54) is 17.3 Å². The summed E-state index contributed by atoms with van der Waals surface area (Å²) in [6.07, 6.45) is 3.46. The SMILES string of the molecule is CC(=O)c1cccc(S(=O)(=O)N2CCC(CSc3ccccn3)CC2)c1. The lowest BCUT2D eigenvalue weighted by Crippen LogP contribution is -2.39. The van der Waals surface area contributed by atoms with E-state index in [0.29, 0.717) is 24.6 Å². The molecule has 1 aliphatic rings. The molecule has 7 heteroatoms. The smallest absolute Gasteiger partial charge is 0.243 e. The molecular weight excluding hydrogens is 368 g/mol. The van der Waals surface area contributed by atoms with E-state index in [2.05, 4.69) is 4.98 Å². The van der Waals surface area contributed by atoms with Crippen molar-refractivity contribution in [2.45, 2.75) is 29.7 Å². The summed E-state index contributed by atoms with van der Waals surface area (Å²) in [7, 11) is -3.55.